The molecule has 3 rings (SSSR count). The van der Waals surface area contributed by atoms with Crippen LogP contribution in [0.4, 0.5) is 5.69 Å². The molecule has 0 radical (unpaired) electrons. The van der Waals surface area contributed by atoms with Crippen molar-refractivity contribution in [2.75, 3.05) is 32.1 Å². The highest BCUT2D eigenvalue weighted by Crippen LogP contribution is 2.57. The summed E-state index contributed by atoms with van der Waals surface area (Å²) in [7, 11) is -2.10. The molecule has 1 heterocycles. The summed E-state index contributed by atoms with van der Waals surface area (Å²) in [6.45, 7) is 2.18. The number of esters is 1. The molecule has 1 saturated heterocycles. The Kier molecular flexibility index (Phi) is 4.46. The number of nitrogens with one attached hydrogen (secondary N) is 1. The van der Waals surface area contributed by atoms with E-state index in [1.54, 1.807) is 31.2 Å². The topological polar surface area (TPSA) is 102 Å². The number of anilines is 1. The van der Waals surface area contributed by atoms with Crippen LogP contribution < -0.4 is 10.1 Å². The number of rotatable bonds is 6. The lowest BCUT2D eigenvalue weighted by Gasteiger charge is -2.17. The van der Waals surface area contributed by atoms with Crippen molar-refractivity contribution in [1.29, 1.82) is 0 Å². The molecule has 8 nitrogen and oxygen atoms in total. The maximum Gasteiger partial charge on any atom is 0.344 e. The van der Waals surface area contributed by atoms with Crippen molar-refractivity contribution in [2.45, 2.75) is 18.1 Å². The standard InChI is InChI=1S/C16H20N2O6S/c1-3-23-14(19)10-24-13-6-4-12(5-7-13)17-15(20)16-8-11(16)9-18(2)25(16,21)22/h4-7,11H,3,8-10H2,1-2H3,(H,17,20)/t11-,16-/m0/s1. The SMILES string of the molecule is CCOC(=O)COc1ccc(NC(=O)[C@]23C[C@H]2CN(C)S3(=O)=O)cc1. The quantitative estimate of drug-likeness (QED) is 0.738. The molecule has 1 aliphatic carbocycles. The molecular formula is C16H20N2O6S. The Labute approximate surface area is 146 Å². The van der Waals surface area contributed by atoms with Gasteiger partial charge in [0.05, 0.1) is 6.61 Å². The summed E-state index contributed by atoms with van der Waals surface area (Å²) >= 11 is 0. The molecule has 0 unspecified atom stereocenters. The summed E-state index contributed by atoms with van der Waals surface area (Å²) in [5.74, 6) is -0.659. The van der Waals surface area contributed by atoms with E-state index in [1.807, 2.05) is 0 Å². The number of fused-ring (bicyclic) bond motifs is 1. The predicted octanol–water partition coefficient (Wildman–Crippen LogP) is 0.601. The lowest BCUT2D eigenvalue weighted by Crippen LogP contribution is -2.40. The smallest absolute Gasteiger partial charge is 0.344 e. The molecule has 136 valence electrons. The van der Waals surface area contributed by atoms with Crippen molar-refractivity contribution in [3.05, 3.63) is 24.3 Å². The number of carbonyl (C=O) groups excluding carboxylic acids is 2. The molecule has 2 aliphatic rings. The molecule has 1 saturated carbocycles. The first-order chi connectivity index (χ1) is 11.8. The molecule has 0 spiro atoms. The van der Waals surface area contributed by atoms with Crippen molar-refractivity contribution >= 4 is 27.6 Å². The molecule has 1 aromatic carbocycles. The Bertz CT molecular complexity index is 791. The first-order valence-electron chi connectivity index (χ1n) is 7.97. The van der Waals surface area contributed by atoms with E-state index in [9.17, 15) is 18.0 Å². The van der Waals surface area contributed by atoms with Crippen LogP contribution >= 0.6 is 0 Å². The third kappa shape index (κ3) is 2.98. The predicted molar refractivity (Wildman–Crippen MR) is 89.6 cm³/mol. The molecule has 1 aliphatic heterocycles. The van der Waals surface area contributed by atoms with Gasteiger partial charge in [-0.2, -0.15) is 0 Å². The van der Waals surface area contributed by atoms with Crippen molar-refractivity contribution in [1.82, 2.24) is 4.31 Å². The van der Waals surface area contributed by atoms with Gasteiger partial charge in [-0.1, -0.05) is 0 Å². The van der Waals surface area contributed by atoms with Crippen molar-refractivity contribution in [2.24, 2.45) is 5.92 Å². The molecular weight excluding hydrogens is 348 g/mol. The van der Waals surface area contributed by atoms with E-state index < -0.39 is 26.6 Å². The van der Waals surface area contributed by atoms with Crippen LogP contribution in [0.5, 0.6) is 5.75 Å². The molecule has 1 aromatic rings. The average molecular weight is 368 g/mol. The number of ether oxygens (including phenoxy) is 2. The number of carbonyl (C=O) groups is 2. The number of sulfonamides is 1. The van der Waals surface area contributed by atoms with Gasteiger partial charge in [0.2, 0.25) is 15.9 Å². The maximum atomic E-state index is 12.5. The fourth-order valence-electron chi connectivity index (χ4n) is 3.13. The number of benzene rings is 1. The number of hydrogen-bond acceptors (Lipinski definition) is 6. The molecule has 25 heavy (non-hydrogen) atoms. The second kappa shape index (κ2) is 6.30. The lowest BCUT2D eigenvalue weighted by molar-refractivity contribution is -0.145. The molecule has 1 amide bonds. The van der Waals surface area contributed by atoms with Crippen LogP contribution in [0.15, 0.2) is 24.3 Å². The molecule has 9 heteroatoms. The van der Waals surface area contributed by atoms with Crippen LogP contribution in [-0.4, -0.2) is 56.2 Å². The highest BCUT2D eigenvalue weighted by atomic mass is 32.2. The molecule has 2 fully saturated rings. The van der Waals surface area contributed by atoms with Crippen molar-refractivity contribution < 1.29 is 27.5 Å². The largest absolute Gasteiger partial charge is 0.482 e. The van der Waals surface area contributed by atoms with E-state index in [2.05, 4.69) is 5.32 Å². The van der Waals surface area contributed by atoms with E-state index in [4.69, 9.17) is 9.47 Å². The van der Waals surface area contributed by atoms with E-state index in [1.165, 1.54) is 11.4 Å². The van der Waals surface area contributed by atoms with Gasteiger partial charge in [0.25, 0.3) is 0 Å². The van der Waals surface area contributed by atoms with Crippen LogP contribution in [0.1, 0.15) is 13.3 Å². The van der Waals surface area contributed by atoms with Gasteiger partial charge >= 0.3 is 5.97 Å². The molecule has 1 N–H and O–H groups in total. The molecule has 2 atom stereocenters. The number of nitrogens with zero attached hydrogens (tertiary/aromatic N) is 1. The van der Waals surface area contributed by atoms with E-state index in [0.717, 1.165) is 0 Å². The summed E-state index contributed by atoms with van der Waals surface area (Å²) in [5.41, 5.74) is 0.471. The fraction of sp³-hybridized carbons (Fsp3) is 0.500. The van der Waals surface area contributed by atoms with Gasteiger partial charge < -0.3 is 14.8 Å². The summed E-state index contributed by atoms with van der Waals surface area (Å²) < 4.78 is 34.6. The zero-order chi connectivity index (χ0) is 18.2. The van der Waals surface area contributed by atoms with Gasteiger partial charge in [-0.05, 0) is 37.6 Å². The minimum absolute atomic E-state index is 0.144. The minimum atomic E-state index is -3.60. The monoisotopic (exact) mass is 368 g/mol. The normalized spacial score (nSPS) is 26.6. The minimum Gasteiger partial charge on any atom is -0.482 e. The highest BCUT2D eigenvalue weighted by molar-refractivity contribution is 7.92. The Balaban J connectivity index is 1.61. The summed E-state index contributed by atoms with van der Waals surface area (Å²) in [6.07, 6.45) is 0.367. The average Bonchev–Trinajstić information content (AvgIpc) is 3.25. The van der Waals surface area contributed by atoms with Crippen LogP contribution in [0.2, 0.25) is 0 Å². The second-order valence-electron chi connectivity index (χ2n) is 6.15. The maximum absolute atomic E-state index is 12.5. The Morgan fingerprint density at radius 1 is 1.32 bits per heavy atom. The van der Waals surface area contributed by atoms with Crippen LogP contribution in [0.25, 0.3) is 0 Å². The van der Waals surface area contributed by atoms with Gasteiger partial charge in [-0.25, -0.2) is 17.5 Å². The third-order valence-corrected chi connectivity index (χ3v) is 7.13. The van der Waals surface area contributed by atoms with Crippen LogP contribution in [0, 0.1) is 5.92 Å². The first kappa shape index (κ1) is 17.7. The van der Waals surface area contributed by atoms with E-state index in [-0.39, 0.29) is 19.1 Å². The molecule has 0 bridgehead atoms. The zero-order valence-corrected chi connectivity index (χ0v) is 14.8. The van der Waals surface area contributed by atoms with Crippen LogP contribution in [-0.2, 0) is 24.3 Å². The van der Waals surface area contributed by atoms with Crippen LogP contribution in [0.3, 0.4) is 0 Å². The summed E-state index contributed by atoms with van der Waals surface area (Å²) in [6, 6.07) is 6.37. The van der Waals surface area contributed by atoms with E-state index in [0.29, 0.717) is 24.4 Å². The fourth-order valence-corrected chi connectivity index (χ4v) is 5.26. The summed E-state index contributed by atoms with van der Waals surface area (Å²) in [5, 5.41) is 2.66. The van der Waals surface area contributed by atoms with Gasteiger partial charge in [-0.3, -0.25) is 4.79 Å². The van der Waals surface area contributed by atoms with Crippen molar-refractivity contribution in [3.8, 4) is 5.75 Å². The third-order valence-electron chi connectivity index (χ3n) is 4.56. The lowest BCUT2D eigenvalue weighted by atomic mass is 10.2. The number of hydrogen-bond donors (Lipinski definition) is 1. The highest BCUT2D eigenvalue weighted by Gasteiger charge is 2.74. The second-order valence-corrected chi connectivity index (χ2v) is 8.45. The molecule has 0 aromatic heterocycles. The van der Waals surface area contributed by atoms with Gasteiger partial charge in [0.15, 0.2) is 11.4 Å². The Hall–Kier alpha value is -2.13. The summed E-state index contributed by atoms with van der Waals surface area (Å²) in [4.78, 5) is 23.7. The van der Waals surface area contributed by atoms with Gasteiger partial charge in [0.1, 0.15) is 5.75 Å². The van der Waals surface area contributed by atoms with Crippen molar-refractivity contribution in [3.63, 3.8) is 0 Å². The zero-order valence-electron chi connectivity index (χ0n) is 14.0. The Morgan fingerprint density at radius 3 is 2.56 bits per heavy atom. The number of amides is 1. The van der Waals surface area contributed by atoms with E-state index >= 15 is 0 Å². The Morgan fingerprint density at radius 2 is 2.00 bits per heavy atom. The first-order valence-corrected chi connectivity index (χ1v) is 9.41. The van der Waals surface area contributed by atoms with Gasteiger partial charge in [0, 0.05) is 25.2 Å². The van der Waals surface area contributed by atoms with Gasteiger partial charge in [-0.15, -0.1) is 0 Å².